The van der Waals surface area contributed by atoms with Crippen LogP contribution in [0.1, 0.15) is 5.56 Å². The van der Waals surface area contributed by atoms with Crippen LogP contribution in [0.4, 0.5) is 0 Å². The standard InChI is InChI=1S/C11H7Cl2NO3S/c12-9(16)11(10(13)17)5-18-8(14-11)6-3-1-2-4-7(6)15/h1-4,15H,5H2. The van der Waals surface area contributed by atoms with Gasteiger partial charge in [0.1, 0.15) is 10.8 Å². The summed E-state index contributed by atoms with van der Waals surface area (Å²) in [5.41, 5.74) is -1.30. The van der Waals surface area contributed by atoms with Crippen LogP contribution in [0, 0.1) is 0 Å². The normalized spacial score (nSPS) is 17.3. The molecule has 0 saturated heterocycles. The Bertz CT molecular complexity index is 545. The number of aliphatic imine (C=N–C) groups is 1. The lowest BCUT2D eigenvalue weighted by atomic mass is 10.1. The lowest BCUT2D eigenvalue weighted by Gasteiger charge is -2.13. The van der Waals surface area contributed by atoms with E-state index in [0.717, 1.165) is 11.8 Å². The molecule has 1 aliphatic heterocycles. The number of nitrogens with zero attached hydrogens (tertiary/aromatic N) is 1. The zero-order valence-corrected chi connectivity index (χ0v) is 11.2. The fourth-order valence-electron chi connectivity index (χ4n) is 1.48. The number of carbonyl (C=O) groups excluding carboxylic acids is 2. The largest absolute Gasteiger partial charge is 0.507 e. The maximum atomic E-state index is 11.3. The number of phenols is 1. The van der Waals surface area contributed by atoms with Crippen LogP contribution in [-0.2, 0) is 9.59 Å². The molecule has 0 spiro atoms. The highest BCUT2D eigenvalue weighted by Gasteiger charge is 2.48. The van der Waals surface area contributed by atoms with Gasteiger partial charge in [0.05, 0.1) is 0 Å². The van der Waals surface area contributed by atoms with Gasteiger partial charge >= 0.3 is 0 Å². The molecule has 1 aromatic rings. The second-order valence-corrected chi connectivity index (χ2v) is 5.28. The number of hydrogen-bond acceptors (Lipinski definition) is 5. The average molecular weight is 304 g/mol. The highest BCUT2D eigenvalue weighted by atomic mass is 35.5. The molecule has 0 unspecified atom stereocenters. The van der Waals surface area contributed by atoms with E-state index in [1.165, 1.54) is 6.07 Å². The third-order valence-corrected chi connectivity index (χ3v) is 4.27. The molecule has 1 aromatic carbocycles. The lowest BCUT2D eigenvalue weighted by Crippen LogP contribution is -2.40. The molecule has 0 aromatic heterocycles. The Morgan fingerprint density at radius 1 is 1.28 bits per heavy atom. The van der Waals surface area contributed by atoms with Crippen molar-refractivity contribution < 1.29 is 14.7 Å². The zero-order valence-electron chi connectivity index (χ0n) is 8.89. The van der Waals surface area contributed by atoms with E-state index in [-0.39, 0.29) is 11.5 Å². The number of aromatic hydroxyl groups is 1. The molecule has 0 fully saturated rings. The molecule has 18 heavy (non-hydrogen) atoms. The summed E-state index contributed by atoms with van der Waals surface area (Å²) in [7, 11) is 0. The highest BCUT2D eigenvalue weighted by molar-refractivity contribution is 8.14. The molecule has 1 aliphatic rings. The minimum atomic E-state index is -1.74. The first-order valence-corrected chi connectivity index (χ1v) is 6.62. The van der Waals surface area contributed by atoms with Crippen molar-refractivity contribution >= 4 is 50.5 Å². The van der Waals surface area contributed by atoms with Gasteiger partial charge in [-0.15, -0.1) is 11.8 Å². The van der Waals surface area contributed by atoms with Gasteiger partial charge in [0.15, 0.2) is 0 Å². The molecule has 7 heteroatoms. The predicted molar refractivity (Wildman–Crippen MR) is 71.6 cm³/mol. The van der Waals surface area contributed by atoms with E-state index in [4.69, 9.17) is 23.2 Å². The molecular formula is C11H7Cl2NO3S. The summed E-state index contributed by atoms with van der Waals surface area (Å²) >= 11 is 12.0. The number of phenolic OH excluding ortho intramolecular Hbond substituents is 1. The first kappa shape index (κ1) is 13.4. The second kappa shape index (κ2) is 4.91. The molecular weight excluding hydrogens is 297 g/mol. The Morgan fingerprint density at radius 3 is 2.39 bits per heavy atom. The van der Waals surface area contributed by atoms with Crippen LogP contribution in [0.2, 0.25) is 0 Å². The Labute approximate surface area is 117 Å². The van der Waals surface area contributed by atoms with Gasteiger partial charge in [-0.25, -0.2) is 0 Å². The number of benzene rings is 1. The van der Waals surface area contributed by atoms with Crippen molar-refractivity contribution in [1.82, 2.24) is 0 Å². The smallest absolute Gasteiger partial charge is 0.259 e. The summed E-state index contributed by atoms with van der Waals surface area (Å²) in [6.07, 6.45) is 0. The van der Waals surface area contributed by atoms with Crippen LogP contribution in [0.15, 0.2) is 29.3 Å². The third kappa shape index (κ3) is 2.13. The molecule has 4 nitrogen and oxygen atoms in total. The van der Waals surface area contributed by atoms with Crippen molar-refractivity contribution in [2.75, 3.05) is 5.75 Å². The van der Waals surface area contributed by atoms with Crippen molar-refractivity contribution in [1.29, 1.82) is 0 Å². The van der Waals surface area contributed by atoms with E-state index in [9.17, 15) is 14.7 Å². The molecule has 1 N–H and O–H groups in total. The molecule has 94 valence electrons. The van der Waals surface area contributed by atoms with Crippen LogP contribution in [0.25, 0.3) is 0 Å². The van der Waals surface area contributed by atoms with Gasteiger partial charge in [-0.1, -0.05) is 12.1 Å². The number of carbonyl (C=O) groups is 2. The number of hydrogen-bond donors (Lipinski definition) is 1. The van der Waals surface area contributed by atoms with Crippen molar-refractivity contribution in [3.63, 3.8) is 0 Å². The van der Waals surface area contributed by atoms with Gasteiger partial charge < -0.3 is 5.11 Å². The second-order valence-electron chi connectivity index (χ2n) is 3.63. The third-order valence-electron chi connectivity index (χ3n) is 2.49. The molecule has 0 atom stereocenters. The first-order chi connectivity index (χ1) is 8.47. The fourth-order valence-corrected chi connectivity index (χ4v) is 3.30. The summed E-state index contributed by atoms with van der Waals surface area (Å²) in [6.45, 7) is 0. The summed E-state index contributed by atoms with van der Waals surface area (Å²) in [5.74, 6) is 0.0602. The van der Waals surface area contributed by atoms with E-state index < -0.39 is 16.0 Å². The van der Waals surface area contributed by atoms with Gasteiger partial charge in [0.2, 0.25) is 5.54 Å². The minimum absolute atomic E-state index is 0.0172. The molecule has 0 amide bonds. The van der Waals surface area contributed by atoms with Crippen molar-refractivity contribution in [3.8, 4) is 5.75 Å². The quantitative estimate of drug-likeness (QED) is 0.686. The fraction of sp³-hybridized carbons (Fsp3) is 0.182. The van der Waals surface area contributed by atoms with Crippen LogP contribution in [-0.4, -0.2) is 31.9 Å². The molecule has 2 rings (SSSR count). The monoisotopic (exact) mass is 303 g/mol. The summed E-state index contributed by atoms with van der Waals surface area (Å²) in [4.78, 5) is 26.7. The zero-order chi connectivity index (χ0) is 13.3. The first-order valence-electron chi connectivity index (χ1n) is 4.88. The number of halogens is 2. The van der Waals surface area contributed by atoms with Crippen LogP contribution >= 0.6 is 35.0 Å². The van der Waals surface area contributed by atoms with Gasteiger partial charge in [-0.3, -0.25) is 14.6 Å². The summed E-state index contributed by atoms with van der Waals surface area (Å²) in [6, 6.07) is 6.49. The predicted octanol–water partition coefficient (Wildman–Crippen LogP) is 2.16. The molecule has 0 aliphatic carbocycles. The van der Waals surface area contributed by atoms with Crippen molar-refractivity contribution in [3.05, 3.63) is 29.8 Å². The maximum Gasteiger partial charge on any atom is 0.259 e. The van der Waals surface area contributed by atoms with Gasteiger partial charge in [-0.05, 0) is 35.3 Å². The maximum absolute atomic E-state index is 11.3. The average Bonchev–Trinajstić information content (AvgIpc) is 2.75. The molecule has 1 heterocycles. The Morgan fingerprint density at radius 2 is 1.89 bits per heavy atom. The van der Waals surface area contributed by atoms with Crippen molar-refractivity contribution in [2.45, 2.75) is 5.54 Å². The highest BCUT2D eigenvalue weighted by Crippen LogP contribution is 2.36. The Balaban J connectivity index is 2.48. The van der Waals surface area contributed by atoms with E-state index in [2.05, 4.69) is 4.99 Å². The Hall–Kier alpha value is -1.04. The van der Waals surface area contributed by atoms with E-state index in [1.54, 1.807) is 18.2 Å². The van der Waals surface area contributed by atoms with Gasteiger partial charge in [0.25, 0.3) is 10.5 Å². The van der Waals surface area contributed by atoms with E-state index in [1.807, 2.05) is 0 Å². The number of para-hydroxylation sites is 1. The van der Waals surface area contributed by atoms with Crippen LogP contribution in [0.3, 0.4) is 0 Å². The minimum Gasteiger partial charge on any atom is -0.507 e. The van der Waals surface area contributed by atoms with E-state index in [0.29, 0.717) is 10.6 Å². The van der Waals surface area contributed by atoms with E-state index >= 15 is 0 Å². The SMILES string of the molecule is O=C(Cl)C1(C(=O)Cl)CSC(c2ccccc2O)=N1. The molecule has 0 saturated carbocycles. The van der Waals surface area contributed by atoms with Crippen LogP contribution < -0.4 is 0 Å². The molecule has 0 bridgehead atoms. The van der Waals surface area contributed by atoms with Crippen LogP contribution in [0.5, 0.6) is 5.75 Å². The number of thioether (sulfide) groups is 1. The molecule has 0 radical (unpaired) electrons. The summed E-state index contributed by atoms with van der Waals surface area (Å²) in [5, 5.41) is 8.23. The number of rotatable bonds is 3. The topological polar surface area (TPSA) is 66.7 Å². The van der Waals surface area contributed by atoms with Gasteiger partial charge in [0, 0.05) is 11.3 Å². The van der Waals surface area contributed by atoms with Crippen molar-refractivity contribution in [2.24, 2.45) is 4.99 Å². The summed E-state index contributed by atoms with van der Waals surface area (Å²) < 4.78 is 0. The van der Waals surface area contributed by atoms with Gasteiger partial charge in [-0.2, -0.15) is 0 Å². The lowest BCUT2D eigenvalue weighted by molar-refractivity contribution is -0.124. The Kier molecular flexibility index (Phi) is 3.66.